The van der Waals surface area contributed by atoms with E-state index in [0.717, 1.165) is 11.8 Å². The third-order valence-corrected chi connectivity index (χ3v) is 7.51. The number of aryl methyl sites for hydroxylation is 1. The molecule has 156 valence electrons. The second-order valence-electron chi connectivity index (χ2n) is 9.42. The van der Waals surface area contributed by atoms with Crippen molar-refractivity contribution in [1.29, 1.82) is 5.26 Å². The van der Waals surface area contributed by atoms with Crippen LogP contribution in [-0.2, 0) is 6.42 Å². The lowest BCUT2D eigenvalue weighted by atomic mass is 9.70. The molecule has 0 atom stereocenters. The molecule has 0 heterocycles. The molecule has 0 radical (unpaired) electrons. The molecule has 1 nitrogen and oxygen atoms in total. The number of rotatable bonds is 8. The maximum absolute atomic E-state index is 8.72. The van der Waals surface area contributed by atoms with E-state index in [4.69, 9.17) is 5.26 Å². The lowest BCUT2D eigenvalue weighted by molar-refractivity contribution is 0.290. The van der Waals surface area contributed by atoms with E-state index in [9.17, 15) is 0 Å². The fraction of sp³-hybridized carbons (Fsp3) is 0.607. The van der Waals surface area contributed by atoms with E-state index in [-0.39, 0.29) is 0 Å². The highest BCUT2D eigenvalue weighted by molar-refractivity contribution is 5.26. The van der Waals surface area contributed by atoms with E-state index in [2.05, 4.69) is 49.9 Å². The third kappa shape index (κ3) is 6.33. The van der Waals surface area contributed by atoms with Crippen LogP contribution in [0.15, 0.2) is 48.6 Å². The van der Waals surface area contributed by atoms with Crippen LogP contribution in [0.5, 0.6) is 0 Å². The lowest BCUT2D eigenvalue weighted by Gasteiger charge is -2.36. The molecule has 1 aromatic rings. The molecule has 0 amide bonds. The Kier molecular flexibility index (Phi) is 8.60. The van der Waals surface area contributed by atoms with Gasteiger partial charge in [0.2, 0.25) is 0 Å². The zero-order valence-electron chi connectivity index (χ0n) is 18.4. The van der Waals surface area contributed by atoms with Crippen molar-refractivity contribution in [2.24, 2.45) is 17.8 Å². The van der Waals surface area contributed by atoms with Crippen molar-refractivity contribution < 1.29 is 0 Å². The molecule has 2 fully saturated rings. The normalized spacial score (nSPS) is 27.6. The van der Waals surface area contributed by atoms with Crippen molar-refractivity contribution in [2.75, 3.05) is 0 Å². The van der Waals surface area contributed by atoms with Crippen LogP contribution >= 0.6 is 0 Å². The SMILES string of the molecule is C=C([C@H]1CC[C@H](/C=C/C#N)CC1)[C@H]1CC[C@H](c2ccc(CCCCC)cc2)CC1. The van der Waals surface area contributed by atoms with Crippen LogP contribution in [0.25, 0.3) is 0 Å². The van der Waals surface area contributed by atoms with Crippen molar-refractivity contribution in [3.63, 3.8) is 0 Å². The van der Waals surface area contributed by atoms with Gasteiger partial charge >= 0.3 is 0 Å². The van der Waals surface area contributed by atoms with Crippen LogP contribution in [0.2, 0.25) is 0 Å². The average Bonchev–Trinajstić information content (AvgIpc) is 2.78. The zero-order chi connectivity index (χ0) is 20.5. The predicted octanol–water partition coefficient (Wildman–Crippen LogP) is 8.14. The molecule has 2 aliphatic carbocycles. The average molecular weight is 390 g/mol. The molecule has 0 unspecified atom stereocenters. The van der Waals surface area contributed by atoms with Crippen molar-refractivity contribution in [1.82, 2.24) is 0 Å². The first-order valence-electron chi connectivity index (χ1n) is 12.0. The van der Waals surface area contributed by atoms with E-state index >= 15 is 0 Å². The second kappa shape index (κ2) is 11.4. The first-order valence-corrected chi connectivity index (χ1v) is 12.0. The quantitative estimate of drug-likeness (QED) is 0.250. The molecular formula is C28H39N. The van der Waals surface area contributed by atoms with Gasteiger partial charge in [0, 0.05) is 6.08 Å². The summed E-state index contributed by atoms with van der Waals surface area (Å²) < 4.78 is 0. The largest absolute Gasteiger partial charge is 0.193 e. The summed E-state index contributed by atoms with van der Waals surface area (Å²) in [5.41, 5.74) is 4.60. The van der Waals surface area contributed by atoms with E-state index in [1.165, 1.54) is 88.2 Å². The van der Waals surface area contributed by atoms with Gasteiger partial charge < -0.3 is 0 Å². The predicted molar refractivity (Wildman–Crippen MR) is 124 cm³/mol. The molecule has 2 saturated carbocycles. The fourth-order valence-electron chi connectivity index (χ4n) is 5.53. The zero-order valence-corrected chi connectivity index (χ0v) is 18.4. The number of allylic oxidation sites excluding steroid dienone is 3. The summed E-state index contributed by atoms with van der Waals surface area (Å²) in [6.45, 7) is 6.84. The van der Waals surface area contributed by atoms with Crippen molar-refractivity contribution in [2.45, 2.75) is 89.9 Å². The standard InChI is InChI=1S/C28H39N/c1-3-4-5-7-23-11-15-27(16-12-23)28-19-17-26(18-20-28)22(2)25-13-9-24(10-14-25)8-6-21-29/h6,8,11-12,15-16,24-26,28H,2-5,7,9-10,13-14,17-20H2,1H3/b8-6+/t24-,25-,26-,28-. The Bertz CT molecular complexity index is 689. The van der Waals surface area contributed by atoms with Gasteiger partial charge in [-0.15, -0.1) is 0 Å². The Balaban J connectivity index is 1.44. The minimum Gasteiger partial charge on any atom is -0.193 e. The first kappa shape index (κ1) is 21.9. The minimum atomic E-state index is 0.611. The Morgan fingerprint density at radius 3 is 2.17 bits per heavy atom. The van der Waals surface area contributed by atoms with Gasteiger partial charge in [0.05, 0.1) is 6.07 Å². The van der Waals surface area contributed by atoms with E-state index in [0.29, 0.717) is 11.8 Å². The van der Waals surface area contributed by atoms with Crippen molar-refractivity contribution in [3.8, 4) is 6.07 Å². The van der Waals surface area contributed by atoms with Crippen LogP contribution in [0.4, 0.5) is 0 Å². The van der Waals surface area contributed by atoms with Crippen LogP contribution in [-0.4, -0.2) is 0 Å². The molecule has 0 saturated heterocycles. The highest BCUT2D eigenvalue weighted by atomic mass is 14.3. The molecule has 1 heteroatoms. The fourth-order valence-corrected chi connectivity index (χ4v) is 5.53. The lowest BCUT2D eigenvalue weighted by Crippen LogP contribution is -2.22. The highest BCUT2D eigenvalue weighted by Gasteiger charge is 2.29. The van der Waals surface area contributed by atoms with Gasteiger partial charge in [-0.1, -0.05) is 62.3 Å². The molecule has 0 bridgehead atoms. The van der Waals surface area contributed by atoms with E-state index in [1.807, 2.05) is 0 Å². The van der Waals surface area contributed by atoms with Crippen LogP contribution in [0.3, 0.4) is 0 Å². The Labute approximate surface area is 178 Å². The molecule has 3 rings (SSSR count). The Morgan fingerprint density at radius 2 is 1.59 bits per heavy atom. The van der Waals surface area contributed by atoms with Crippen molar-refractivity contribution >= 4 is 0 Å². The monoisotopic (exact) mass is 389 g/mol. The van der Waals surface area contributed by atoms with E-state index in [1.54, 1.807) is 11.6 Å². The molecule has 0 spiro atoms. The smallest absolute Gasteiger partial charge is 0.0908 e. The number of benzene rings is 1. The summed E-state index contributed by atoms with van der Waals surface area (Å²) in [6, 6.07) is 11.7. The third-order valence-electron chi connectivity index (χ3n) is 7.51. The van der Waals surface area contributed by atoms with Gasteiger partial charge in [-0.25, -0.2) is 0 Å². The number of nitrogens with zero attached hydrogens (tertiary/aromatic N) is 1. The van der Waals surface area contributed by atoms with Gasteiger partial charge in [-0.2, -0.15) is 5.26 Å². The minimum absolute atomic E-state index is 0.611. The summed E-state index contributed by atoms with van der Waals surface area (Å²) in [5.74, 6) is 2.80. The molecule has 1 aromatic carbocycles. The van der Waals surface area contributed by atoms with Crippen molar-refractivity contribution in [3.05, 3.63) is 59.7 Å². The Hall–Kier alpha value is -1.81. The molecule has 0 aliphatic heterocycles. The number of hydrogen-bond acceptors (Lipinski definition) is 1. The summed E-state index contributed by atoms with van der Waals surface area (Å²) in [6.07, 6.45) is 19.2. The van der Waals surface area contributed by atoms with Gasteiger partial charge in [-0.3, -0.25) is 0 Å². The van der Waals surface area contributed by atoms with Crippen LogP contribution in [0.1, 0.15) is 94.6 Å². The molecule has 0 N–H and O–H groups in total. The van der Waals surface area contributed by atoms with Crippen LogP contribution in [0, 0.1) is 29.1 Å². The van der Waals surface area contributed by atoms with Gasteiger partial charge in [0.1, 0.15) is 0 Å². The molecule has 29 heavy (non-hydrogen) atoms. The maximum atomic E-state index is 8.72. The first-order chi connectivity index (χ1) is 14.2. The maximum Gasteiger partial charge on any atom is 0.0908 e. The number of hydrogen-bond donors (Lipinski definition) is 0. The van der Waals surface area contributed by atoms with E-state index < -0.39 is 0 Å². The van der Waals surface area contributed by atoms with Gasteiger partial charge in [-0.05, 0) is 99.0 Å². The second-order valence-corrected chi connectivity index (χ2v) is 9.42. The summed E-state index contributed by atoms with van der Waals surface area (Å²) in [4.78, 5) is 0. The molecule has 2 aliphatic rings. The topological polar surface area (TPSA) is 23.8 Å². The number of nitriles is 1. The number of unbranched alkanes of at least 4 members (excludes halogenated alkanes) is 2. The van der Waals surface area contributed by atoms with Gasteiger partial charge in [0.15, 0.2) is 0 Å². The summed E-state index contributed by atoms with van der Waals surface area (Å²) in [5, 5.41) is 8.72. The summed E-state index contributed by atoms with van der Waals surface area (Å²) >= 11 is 0. The molecule has 0 aromatic heterocycles. The highest BCUT2D eigenvalue weighted by Crippen LogP contribution is 2.43. The van der Waals surface area contributed by atoms with Crippen LogP contribution < -0.4 is 0 Å². The molecular weight excluding hydrogens is 350 g/mol. The van der Waals surface area contributed by atoms with Gasteiger partial charge in [0.25, 0.3) is 0 Å². The Morgan fingerprint density at radius 1 is 0.966 bits per heavy atom. The summed E-state index contributed by atoms with van der Waals surface area (Å²) in [7, 11) is 0.